The molecule has 3 fully saturated rings. The highest BCUT2D eigenvalue weighted by Gasteiger charge is 2.38. The monoisotopic (exact) mass is 142 g/mol. The van der Waals surface area contributed by atoms with E-state index in [2.05, 4.69) is 9.80 Å². The Morgan fingerprint density at radius 3 is 1.80 bits per heavy atom. The lowest BCUT2D eigenvalue weighted by molar-refractivity contribution is -0.0480. The van der Waals surface area contributed by atoms with Gasteiger partial charge in [-0.3, -0.25) is 21.3 Å². The highest BCUT2D eigenvalue weighted by molar-refractivity contribution is 4.92. The molecule has 3 aliphatic rings. The Kier molecular flexibility index (Phi) is 1.25. The summed E-state index contributed by atoms with van der Waals surface area (Å²) in [7, 11) is 0. The first-order chi connectivity index (χ1) is 4.68. The van der Waals surface area contributed by atoms with Crippen LogP contribution in [0.15, 0.2) is 0 Å². The normalized spacial score (nSPS) is 43.8. The van der Waals surface area contributed by atoms with Crippen LogP contribution in [0.4, 0.5) is 0 Å². The predicted octanol–water partition coefficient (Wildman–Crippen LogP) is -1.81. The number of nitrogens with two attached hydrogens (primary N) is 2. The summed E-state index contributed by atoms with van der Waals surface area (Å²) >= 11 is 0. The van der Waals surface area contributed by atoms with Crippen molar-refractivity contribution in [2.45, 2.75) is 5.79 Å². The molecule has 0 radical (unpaired) electrons. The lowest BCUT2D eigenvalue weighted by Gasteiger charge is -2.51. The lowest BCUT2D eigenvalue weighted by atomic mass is 10.1. The Balaban J connectivity index is 2.15. The Morgan fingerprint density at radius 2 is 1.60 bits per heavy atom. The van der Waals surface area contributed by atoms with Crippen LogP contribution in [0.3, 0.4) is 0 Å². The summed E-state index contributed by atoms with van der Waals surface area (Å²) < 4.78 is 0. The van der Waals surface area contributed by atoms with E-state index < -0.39 is 5.79 Å². The molecule has 10 heavy (non-hydrogen) atoms. The van der Waals surface area contributed by atoms with Crippen molar-refractivity contribution in [3.05, 3.63) is 0 Å². The van der Waals surface area contributed by atoms with Crippen molar-refractivity contribution >= 4 is 0 Å². The fourth-order valence-corrected chi connectivity index (χ4v) is 1.78. The highest BCUT2D eigenvalue weighted by Crippen LogP contribution is 2.16. The maximum Gasteiger partial charge on any atom is 0.134 e. The van der Waals surface area contributed by atoms with E-state index in [-0.39, 0.29) is 0 Å². The van der Waals surface area contributed by atoms with Crippen LogP contribution >= 0.6 is 0 Å². The van der Waals surface area contributed by atoms with Gasteiger partial charge in [-0.05, 0) is 0 Å². The molecule has 0 spiro atoms. The molecule has 0 aromatic rings. The summed E-state index contributed by atoms with van der Waals surface area (Å²) in [6.45, 7) is 5.17. The van der Waals surface area contributed by atoms with Gasteiger partial charge in [0.25, 0.3) is 0 Å². The molecule has 4 nitrogen and oxygen atoms in total. The van der Waals surface area contributed by atoms with Crippen LogP contribution in [-0.2, 0) is 0 Å². The molecule has 3 heterocycles. The largest absolute Gasteiger partial charge is 0.300 e. The molecule has 3 aliphatic heterocycles. The Hall–Kier alpha value is -0.160. The molecule has 0 atom stereocenters. The first kappa shape index (κ1) is 6.54. The van der Waals surface area contributed by atoms with Gasteiger partial charge >= 0.3 is 0 Å². The van der Waals surface area contributed by atoms with Gasteiger partial charge in [0.05, 0.1) is 0 Å². The van der Waals surface area contributed by atoms with Crippen molar-refractivity contribution in [3.8, 4) is 0 Å². The molecule has 3 saturated heterocycles. The third kappa shape index (κ3) is 0.845. The molecule has 2 bridgehead atoms. The Morgan fingerprint density at radius 1 is 1.00 bits per heavy atom. The minimum absolute atomic E-state index is 0.545. The predicted molar refractivity (Wildman–Crippen MR) is 39.1 cm³/mol. The maximum atomic E-state index is 5.82. The van der Waals surface area contributed by atoms with Crippen molar-refractivity contribution in [3.63, 3.8) is 0 Å². The van der Waals surface area contributed by atoms with Crippen molar-refractivity contribution in [2.75, 3.05) is 32.7 Å². The van der Waals surface area contributed by atoms with E-state index in [9.17, 15) is 0 Å². The van der Waals surface area contributed by atoms with Crippen LogP contribution in [0.5, 0.6) is 0 Å². The summed E-state index contributed by atoms with van der Waals surface area (Å²) in [5, 5.41) is 0. The van der Waals surface area contributed by atoms with Gasteiger partial charge in [0.1, 0.15) is 5.79 Å². The van der Waals surface area contributed by atoms with E-state index in [4.69, 9.17) is 11.5 Å². The Labute approximate surface area is 60.8 Å². The minimum Gasteiger partial charge on any atom is -0.300 e. The lowest BCUT2D eigenvalue weighted by Crippen LogP contribution is -2.76. The van der Waals surface area contributed by atoms with Crippen LogP contribution in [0.1, 0.15) is 0 Å². The van der Waals surface area contributed by atoms with E-state index in [0.717, 1.165) is 32.7 Å². The second kappa shape index (κ2) is 1.92. The molecule has 0 amide bonds. The first-order valence-electron chi connectivity index (χ1n) is 3.74. The average molecular weight is 142 g/mol. The summed E-state index contributed by atoms with van der Waals surface area (Å²) in [5.41, 5.74) is 11.6. The van der Waals surface area contributed by atoms with Crippen molar-refractivity contribution in [1.29, 1.82) is 0 Å². The Bertz CT molecular complexity index is 137. The SMILES string of the molecule is NC1(N)CN2CCN1CC2. The third-order valence-corrected chi connectivity index (χ3v) is 2.44. The molecule has 0 saturated carbocycles. The van der Waals surface area contributed by atoms with Crippen LogP contribution in [0.2, 0.25) is 0 Å². The van der Waals surface area contributed by atoms with Gasteiger partial charge in [-0.1, -0.05) is 0 Å². The van der Waals surface area contributed by atoms with Crippen molar-refractivity contribution in [2.24, 2.45) is 11.5 Å². The second-order valence-electron chi connectivity index (χ2n) is 3.25. The standard InChI is InChI=1S/C6H14N4/c7-6(8)5-9-1-3-10(6)4-2-9/h1-5,7-8H2. The van der Waals surface area contributed by atoms with Gasteiger partial charge in [-0.25, -0.2) is 0 Å². The van der Waals surface area contributed by atoms with E-state index in [0.29, 0.717) is 0 Å². The number of piperazine rings is 3. The molecular formula is C6H14N4. The summed E-state index contributed by atoms with van der Waals surface area (Å²) in [6, 6.07) is 0. The van der Waals surface area contributed by atoms with E-state index in [1.54, 1.807) is 0 Å². The fourth-order valence-electron chi connectivity index (χ4n) is 1.78. The number of fused-ring (bicyclic) bond motifs is 3. The quantitative estimate of drug-likeness (QED) is 0.391. The van der Waals surface area contributed by atoms with E-state index in [1.807, 2.05) is 0 Å². The van der Waals surface area contributed by atoms with Crippen molar-refractivity contribution < 1.29 is 0 Å². The van der Waals surface area contributed by atoms with Gasteiger partial charge in [-0.2, -0.15) is 0 Å². The van der Waals surface area contributed by atoms with Gasteiger partial charge in [0.2, 0.25) is 0 Å². The van der Waals surface area contributed by atoms with Crippen LogP contribution in [0, 0.1) is 0 Å². The minimum atomic E-state index is -0.545. The average Bonchev–Trinajstić information content (AvgIpc) is 1.87. The molecule has 0 aromatic carbocycles. The van der Waals surface area contributed by atoms with Crippen molar-refractivity contribution in [1.82, 2.24) is 9.80 Å². The third-order valence-electron chi connectivity index (χ3n) is 2.44. The second-order valence-corrected chi connectivity index (χ2v) is 3.25. The van der Waals surface area contributed by atoms with Gasteiger partial charge in [0.15, 0.2) is 0 Å². The molecule has 0 unspecified atom stereocenters. The first-order valence-corrected chi connectivity index (χ1v) is 3.74. The molecule has 4 N–H and O–H groups in total. The maximum absolute atomic E-state index is 5.82. The zero-order valence-electron chi connectivity index (χ0n) is 6.08. The molecule has 3 rings (SSSR count). The zero-order valence-corrected chi connectivity index (χ0v) is 6.08. The number of rotatable bonds is 0. The van der Waals surface area contributed by atoms with Crippen LogP contribution in [-0.4, -0.2) is 48.3 Å². The van der Waals surface area contributed by atoms with E-state index in [1.165, 1.54) is 0 Å². The molecule has 0 aromatic heterocycles. The summed E-state index contributed by atoms with van der Waals surface area (Å²) in [5.74, 6) is -0.545. The topological polar surface area (TPSA) is 58.5 Å². The van der Waals surface area contributed by atoms with E-state index >= 15 is 0 Å². The summed E-state index contributed by atoms with van der Waals surface area (Å²) in [6.07, 6.45) is 0. The van der Waals surface area contributed by atoms with Gasteiger partial charge < -0.3 is 0 Å². The number of hydrogen-bond acceptors (Lipinski definition) is 4. The van der Waals surface area contributed by atoms with Crippen LogP contribution in [0.25, 0.3) is 0 Å². The summed E-state index contributed by atoms with van der Waals surface area (Å²) in [4.78, 5) is 4.48. The molecular weight excluding hydrogens is 128 g/mol. The highest BCUT2D eigenvalue weighted by atomic mass is 15.5. The molecule has 0 aliphatic carbocycles. The number of nitrogens with zero attached hydrogens (tertiary/aromatic N) is 2. The fraction of sp³-hybridized carbons (Fsp3) is 1.00. The van der Waals surface area contributed by atoms with Gasteiger partial charge in [-0.15, -0.1) is 0 Å². The smallest absolute Gasteiger partial charge is 0.134 e. The number of hydrogen-bond donors (Lipinski definition) is 2. The molecule has 58 valence electrons. The zero-order chi connectivity index (χ0) is 7.19. The molecule has 4 heteroatoms. The van der Waals surface area contributed by atoms with Gasteiger partial charge in [0, 0.05) is 32.7 Å². The van der Waals surface area contributed by atoms with Crippen LogP contribution < -0.4 is 11.5 Å².